The molecule has 2 aromatic carbocycles. The first-order valence-electron chi connectivity index (χ1n) is 12.1. The molecule has 2 aromatic heterocycles. The zero-order chi connectivity index (χ0) is 25.2. The number of nitrogens with zero attached hydrogens (tertiary/aromatic N) is 5. The first-order chi connectivity index (χ1) is 16.7. The summed E-state index contributed by atoms with van der Waals surface area (Å²) in [4.78, 5) is 18.4. The van der Waals surface area contributed by atoms with Gasteiger partial charge in [0.05, 0.1) is 17.1 Å². The van der Waals surface area contributed by atoms with Crippen molar-refractivity contribution in [2.75, 3.05) is 0 Å². The van der Waals surface area contributed by atoms with Gasteiger partial charge in [0.1, 0.15) is 5.82 Å². The fraction of sp³-hybridized carbons (Fsp3) is 0.407. The molecule has 35 heavy (non-hydrogen) atoms. The van der Waals surface area contributed by atoms with Crippen LogP contribution in [0.5, 0.6) is 0 Å². The van der Waals surface area contributed by atoms with Crippen LogP contribution >= 0.6 is 0 Å². The van der Waals surface area contributed by atoms with E-state index in [4.69, 9.17) is 0 Å². The van der Waals surface area contributed by atoms with Crippen molar-refractivity contribution in [3.8, 4) is 0 Å². The average Bonchev–Trinajstić information content (AvgIpc) is 3.30. The monoisotopic (exact) mass is 476 g/mol. The Hall–Kier alpha value is -3.39. The van der Waals surface area contributed by atoms with Crippen LogP contribution in [0.15, 0.2) is 53.3 Å². The number of tetrazole rings is 1. The molecule has 0 bridgehead atoms. The molecule has 0 saturated carbocycles. The molecule has 0 aliphatic heterocycles. The zero-order valence-electron chi connectivity index (χ0n) is 21.0. The van der Waals surface area contributed by atoms with Crippen LogP contribution in [0.2, 0.25) is 0 Å². The lowest BCUT2D eigenvalue weighted by molar-refractivity contribution is 0.148. The van der Waals surface area contributed by atoms with Crippen LogP contribution in [0.3, 0.4) is 0 Å². The number of H-pyrrole nitrogens is 1. The van der Waals surface area contributed by atoms with Gasteiger partial charge in [-0.15, -0.1) is 5.10 Å². The molecule has 0 amide bonds. The molecule has 4 rings (SSSR count). The third-order valence-electron chi connectivity index (χ3n) is 6.27. The molecule has 7 nitrogen and oxygen atoms in total. The van der Waals surface area contributed by atoms with Crippen molar-refractivity contribution in [1.29, 1.82) is 0 Å². The molecule has 0 saturated heterocycles. The second kappa shape index (κ2) is 10.1. The van der Waals surface area contributed by atoms with Gasteiger partial charge in [0, 0.05) is 18.7 Å². The van der Waals surface area contributed by atoms with Crippen LogP contribution in [0.4, 0.5) is 4.39 Å². The summed E-state index contributed by atoms with van der Waals surface area (Å²) < 4.78 is 15.5. The molecule has 0 radical (unpaired) electrons. The third-order valence-corrected chi connectivity index (χ3v) is 6.27. The summed E-state index contributed by atoms with van der Waals surface area (Å²) in [7, 11) is 0. The van der Waals surface area contributed by atoms with Gasteiger partial charge in [0.25, 0.3) is 5.56 Å². The van der Waals surface area contributed by atoms with E-state index in [-0.39, 0.29) is 23.0 Å². The van der Waals surface area contributed by atoms with E-state index >= 15 is 0 Å². The maximum absolute atomic E-state index is 13.6. The maximum atomic E-state index is 13.6. The Labute approximate surface area is 205 Å². The number of hydrogen-bond donors (Lipinski definition) is 1. The van der Waals surface area contributed by atoms with E-state index in [1.54, 1.807) is 12.1 Å². The Morgan fingerprint density at radius 3 is 2.54 bits per heavy atom. The van der Waals surface area contributed by atoms with Gasteiger partial charge < -0.3 is 4.98 Å². The van der Waals surface area contributed by atoms with Gasteiger partial charge in [-0.05, 0) is 79.3 Å². The summed E-state index contributed by atoms with van der Waals surface area (Å²) in [6, 6.07) is 14.3. The van der Waals surface area contributed by atoms with E-state index in [1.807, 2.05) is 35.9 Å². The molecular formula is C27H33FN6O. The summed E-state index contributed by atoms with van der Waals surface area (Å²) in [6.07, 6.45) is 1.72. The number of fused-ring (bicyclic) bond motifs is 1. The SMILES string of the molecule is CCCC(c1nnnn1C(C)(C)C)N(Cc1ccc(F)cc1)Cc1cc2cccc(C)c2[nH]c1=O. The molecule has 1 unspecified atom stereocenters. The molecule has 184 valence electrons. The third kappa shape index (κ3) is 5.48. The lowest BCUT2D eigenvalue weighted by Crippen LogP contribution is -2.35. The topological polar surface area (TPSA) is 79.7 Å². The standard InChI is InChI=1S/C27H33FN6O/c1-6-8-23(25-30-31-32-34(25)27(3,4)5)33(16-19-11-13-22(28)14-12-19)17-21-15-20-10-7-9-18(2)24(20)29-26(21)35/h7,9-15,23H,6,8,16-17H2,1-5H3,(H,29,35). The van der Waals surface area contributed by atoms with Crippen molar-refractivity contribution in [1.82, 2.24) is 30.1 Å². The van der Waals surface area contributed by atoms with E-state index in [9.17, 15) is 9.18 Å². The van der Waals surface area contributed by atoms with Crippen molar-refractivity contribution >= 4 is 10.9 Å². The fourth-order valence-corrected chi connectivity index (χ4v) is 4.49. The Morgan fingerprint density at radius 1 is 1.11 bits per heavy atom. The minimum Gasteiger partial charge on any atom is -0.321 e. The average molecular weight is 477 g/mol. The lowest BCUT2D eigenvalue weighted by Gasteiger charge is -2.33. The molecule has 0 spiro atoms. The highest BCUT2D eigenvalue weighted by molar-refractivity contribution is 5.81. The van der Waals surface area contributed by atoms with Gasteiger partial charge in [0.15, 0.2) is 5.82 Å². The van der Waals surface area contributed by atoms with E-state index in [0.29, 0.717) is 18.7 Å². The number of benzene rings is 2. The molecule has 0 aliphatic rings. The van der Waals surface area contributed by atoms with Crippen molar-refractivity contribution < 1.29 is 4.39 Å². The molecule has 4 aromatic rings. The van der Waals surface area contributed by atoms with Gasteiger partial charge >= 0.3 is 0 Å². The number of pyridine rings is 1. The van der Waals surface area contributed by atoms with E-state index in [2.05, 4.69) is 53.1 Å². The predicted molar refractivity (Wildman–Crippen MR) is 135 cm³/mol. The highest BCUT2D eigenvalue weighted by Crippen LogP contribution is 2.30. The van der Waals surface area contributed by atoms with Crippen LogP contribution in [0.25, 0.3) is 10.9 Å². The number of rotatable bonds is 8. The number of aromatic nitrogens is 5. The Morgan fingerprint density at radius 2 is 1.86 bits per heavy atom. The molecular weight excluding hydrogens is 443 g/mol. The minimum absolute atomic E-state index is 0.110. The Bertz CT molecular complexity index is 1350. The Kier molecular flexibility index (Phi) is 7.12. The van der Waals surface area contributed by atoms with Crippen LogP contribution < -0.4 is 5.56 Å². The second-order valence-corrected chi connectivity index (χ2v) is 10.1. The van der Waals surface area contributed by atoms with Crippen molar-refractivity contribution in [3.63, 3.8) is 0 Å². The van der Waals surface area contributed by atoms with Gasteiger partial charge in [-0.2, -0.15) is 0 Å². The number of nitrogens with one attached hydrogen (secondary N) is 1. The molecule has 1 atom stereocenters. The molecule has 0 fully saturated rings. The smallest absolute Gasteiger partial charge is 0.252 e. The molecule has 1 N–H and O–H groups in total. The molecule has 8 heteroatoms. The summed E-state index contributed by atoms with van der Waals surface area (Å²) in [5.41, 5.74) is 3.10. The van der Waals surface area contributed by atoms with Gasteiger partial charge in [-0.1, -0.05) is 43.7 Å². The van der Waals surface area contributed by atoms with E-state index in [1.165, 1.54) is 12.1 Å². The highest BCUT2D eigenvalue weighted by Gasteiger charge is 2.30. The first-order valence-corrected chi connectivity index (χ1v) is 12.1. The van der Waals surface area contributed by atoms with Crippen LogP contribution in [-0.4, -0.2) is 30.1 Å². The normalized spacial score (nSPS) is 13.0. The van der Waals surface area contributed by atoms with Gasteiger partial charge in [-0.25, -0.2) is 9.07 Å². The fourth-order valence-electron chi connectivity index (χ4n) is 4.49. The summed E-state index contributed by atoms with van der Waals surface area (Å²) >= 11 is 0. The summed E-state index contributed by atoms with van der Waals surface area (Å²) in [5, 5.41) is 13.7. The number of halogens is 1. The van der Waals surface area contributed by atoms with Crippen molar-refractivity contribution in [2.24, 2.45) is 0 Å². The quantitative estimate of drug-likeness (QED) is 0.375. The van der Waals surface area contributed by atoms with Crippen LogP contribution in [0, 0.1) is 12.7 Å². The molecule has 2 heterocycles. The van der Waals surface area contributed by atoms with Crippen molar-refractivity contribution in [3.05, 3.63) is 87.2 Å². The van der Waals surface area contributed by atoms with Crippen LogP contribution in [0.1, 0.15) is 69.1 Å². The zero-order valence-corrected chi connectivity index (χ0v) is 21.0. The van der Waals surface area contributed by atoms with E-state index < -0.39 is 0 Å². The summed E-state index contributed by atoms with van der Waals surface area (Å²) in [5.74, 6) is 0.484. The number of para-hydroxylation sites is 1. The number of aryl methyl sites for hydroxylation is 1. The lowest BCUT2D eigenvalue weighted by atomic mass is 10.0. The van der Waals surface area contributed by atoms with Gasteiger partial charge in [0.2, 0.25) is 0 Å². The van der Waals surface area contributed by atoms with E-state index in [0.717, 1.165) is 40.7 Å². The highest BCUT2D eigenvalue weighted by atomic mass is 19.1. The predicted octanol–water partition coefficient (Wildman–Crippen LogP) is 5.26. The molecule has 0 aliphatic carbocycles. The minimum atomic E-state index is -0.301. The first kappa shape index (κ1) is 24.7. The number of hydrogen-bond acceptors (Lipinski definition) is 5. The van der Waals surface area contributed by atoms with Gasteiger partial charge in [-0.3, -0.25) is 9.69 Å². The number of aromatic amines is 1. The summed E-state index contributed by atoms with van der Waals surface area (Å²) in [6.45, 7) is 11.2. The van der Waals surface area contributed by atoms with Crippen LogP contribution in [-0.2, 0) is 18.6 Å². The largest absolute Gasteiger partial charge is 0.321 e. The Balaban J connectivity index is 1.79. The van der Waals surface area contributed by atoms with Crippen molar-refractivity contribution in [2.45, 2.75) is 72.1 Å². The second-order valence-electron chi connectivity index (χ2n) is 10.1. The maximum Gasteiger partial charge on any atom is 0.252 e.